The molecule has 3 aliphatic heterocycles. The first-order valence-electron chi connectivity index (χ1n) is 18.6. The van der Waals surface area contributed by atoms with Crippen LogP contribution in [0, 0.1) is 11.8 Å². The molecule has 3 amide bonds. The molecule has 5 atom stereocenters. The molecule has 0 radical (unpaired) electrons. The molecule has 5 aromatic rings. The molecule has 2 aromatic heterocycles. The maximum atomic E-state index is 14.2. The van der Waals surface area contributed by atoms with Crippen LogP contribution in [0.4, 0.5) is 9.59 Å². The molecule has 2 saturated heterocycles. The highest BCUT2D eigenvalue weighted by Gasteiger charge is 2.49. The molecule has 13 nitrogen and oxygen atoms in total. The highest BCUT2D eigenvalue weighted by atomic mass is 16.5. The highest BCUT2D eigenvalue weighted by molar-refractivity contribution is 6.07. The average Bonchev–Trinajstić information content (AvgIpc) is 3.99. The molecule has 53 heavy (non-hydrogen) atoms. The molecule has 2 unspecified atom stereocenters. The zero-order valence-corrected chi connectivity index (χ0v) is 30.0. The summed E-state index contributed by atoms with van der Waals surface area (Å²) in [5.41, 5.74) is 6.69. The number of aromatic amines is 2. The second kappa shape index (κ2) is 12.8. The summed E-state index contributed by atoms with van der Waals surface area (Å²) in [5.74, 6) is 2.41. The van der Waals surface area contributed by atoms with Gasteiger partial charge in [0.25, 0.3) is 0 Å². The summed E-state index contributed by atoms with van der Waals surface area (Å²) < 4.78 is 11.2. The number of carbonyl (C=O) groups is 3. The predicted molar refractivity (Wildman–Crippen MR) is 197 cm³/mol. The van der Waals surface area contributed by atoms with Crippen molar-refractivity contribution >= 4 is 39.9 Å². The van der Waals surface area contributed by atoms with E-state index in [0.29, 0.717) is 24.9 Å². The largest absolute Gasteiger partial charge is 0.488 e. The fourth-order valence-electron chi connectivity index (χ4n) is 9.27. The van der Waals surface area contributed by atoms with Gasteiger partial charge in [-0.05, 0) is 90.3 Å². The topological polar surface area (TPSA) is 166 Å². The highest BCUT2D eigenvalue weighted by Crippen LogP contribution is 2.48. The number of ether oxygens (including phenoxy) is 2. The number of carbonyl (C=O) groups excluding carboxylic acids is 2. The third kappa shape index (κ3) is 5.55. The summed E-state index contributed by atoms with van der Waals surface area (Å²) in [6.45, 7) is 4.79. The smallest absolute Gasteiger partial charge is 0.407 e. The van der Waals surface area contributed by atoms with Crippen molar-refractivity contribution in [1.82, 2.24) is 35.1 Å². The Morgan fingerprint density at radius 3 is 2.68 bits per heavy atom. The van der Waals surface area contributed by atoms with Crippen LogP contribution in [0.15, 0.2) is 48.7 Å². The molecule has 0 spiro atoms. The van der Waals surface area contributed by atoms with Crippen LogP contribution >= 0.6 is 0 Å². The average molecular weight is 718 g/mol. The van der Waals surface area contributed by atoms with Gasteiger partial charge in [0.1, 0.15) is 30.0 Å². The quantitative estimate of drug-likeness (QED) is 0.142. The summed E-state index contributed by atoms with van der Waals surface area (Å²) in [4.78, 5) is 58.3. The Labute approximate surface area is 306 Å². The Morgan fingerprint density at radius 2 is 1.87 bits per heavy atom. The second-order valence-corrected chi connectivity index (χ2v) is 15.2. The number of imidazole rings is 2. The van der Waals surface area contributed by atoms with Crippen LogP contribution in [0.25, 0.3) is 44.2 Å². The van der Waals surface area contributed by atoms with Gasteiger partial charge >= 0.3 is 12.2 Å². The van der Waals surface area contributed by atoms with E-state index < -0.39 is 18.2 Å². The molecule has 13 heteroatoms. The van der Waals surface area contributed by atoms with Crippen LogP contribution in [0.3, 0.4) is 0 Å². The minimum absolute atomic E-state index is 0.0916. The van der Waals surface area contributed by atoms with Crippen LogP contribution in [0.2, 0.25) is 0 Å². The van der Waals surface area contributed by atoms with Crippen LogP contribution in [0.1, 0.15) is 81.7 Å². The number of carboxylic acid groups (broad SMARTS) is 1. The molecule has 3 fully saturated rings. The van der Waals surface area contributed by atoms with Crippen LogP contribution < -0.4 is 10.1 Å². The molecular weight excluding hydrogens is 674 g/mol. The number of nitrogens with one attached hydrogen (secondary N) is 3. The van der Waals surface area contributed by atoms with Gasteiger partial charge in [0.15, 0.2) is 0 Å². The molecule has 1 aliphatic carbocycles. The van der Waals surface area contributed by atoms with E-state index in [1.807, 2.05) is 18.7 Å². The zero-order chi connectivity index (χ0) is 36.5. The zero-order valence-electron chi connectivity index (χ0n) is 30.0. The van der Waals surface area contributed by atoms with Gasteiger partial charge in [-0.1, -0.05) is 38.5 Å². The number of rotatable bonds is 6. The van der Waals surface area contributed by atoms with Crippen LogP contribution in [-0.2, 0) is 16.1 Å². The van der Waals surface area contributed by atoms with Crippen molar-refractivity contribution in [2.24, 2.45) is 11.8 Å². The monoisotopic (exact) mass is 717 g/mol. The number of alkyl carbamates (subject to hydrolysis) is 1. The van der Waals surface area contributed by atoms with Gasteiger partial charge in [0.05, 0.1) is 42.1 Å². The Morgan fingerprint density at radius 1 is 1.00 bits per heavy atom. The van der Waals surface area contributed by atoms with Crippen molar-refractivity contribution in [3.05, 3.63) is 65.9 Å². The van der Waals surface area contributed by atoms with Gasteiger partial charge in [0, 0.05) is 23.5 Å². The van der Waals surface area contributed by atoms with E-state index in [-0.39, 0.29) is 30.0 Å². The van der Waals surface area contributed by atoms with Gasteiger partial charge in [-0.25, -0.2) is 19.6 Å². The lowest BCUT2D eigenvalue weighted by Gasteiger charge is -2.33. The van der Waals surface area contributed by atoms with Gasteiger partial charge in [-0.3, -0.25) is 9.69 Å². The molecule has 0 bridgehead atoms. The molecule has 4 aliphatic rings. The lowest BCUT2D eigenvalue weighted by Crippen LogP contribution is -2.53. The van der Waals surface area contributed by atoms with Crippen molar-refractivity contribution in [2.75, 3.05) is 13.7 Å². The number of H-pyrrole nitrogens is 2. The van der Waals surface area contributed by atoms with Gasteiger partial charge in [-0.2, -0.15) is 0 Å². The van der Waals surface area contributed by atoms with Gasteiger partial charge in [0.2, 0.25) is 5.91 Å². The van der Waals surface area contributed by atoms with E-state index in [1.165, 1.54) is 12.0 Å². The fourth-order valence-corrected chi connectivity index (χ4v) is 9.27. The lowest BCUT2D eigenvalue weighted by atomic mass is 9.92. The number of nitrogens with zero attached hydrogens (tertiary/aromatic N) is 4. The number of fused-ring (bicyclic) bond motifs is 7. The van der Waals surface area contributed by atoms with E-state index in [4.69, 9.17) is 14.5 Å². The minimum atomic E-state index is -0.920. The Balaban J connectivity index is 1.02. The Kier molecular flexibility index (Phi) is 8.04. The molecule has 9 rings (SSSR count). The first kappa shape index (κ1) is 33.3. The lowest BCUT2D eigenvalue weighted by molar-refractivity contribution is -0.137. The first-order chi connectivity index (χ1) is 25.7. The van der Waals surface area contributed by atoms with Gasteiger partial charge < -0.3 is 34.8 Å². The normalized spacial score (nSPS) is 22.5. The summed E-state index contributed by atoms with van der Waals surface area (Å²) in [5, 5.41) is 14.4. The van der Waals surface area contributed by atoms with Crippen molar-refractivity contribution in [3.63, 3.8) is 0 Å². The summed E-state index contributed by atoms with van der Waals surface area (Å²) >= 11 is 0. The number of amides is 3. The molecule has 3 aromatic carbocycles. The number of hydrogen-bond donors (Lipinski definition) is 4. The number of hydrogen-bond acceptors (Lipinski definition) is 7. The van der Waals surface area contributed by atoms with E-state index in [0.717, 1.165) is 99.9 Å². The van der Waals surface area contributed by atoms with E-state index in [1.54, 1.807) is 6.20 Å². The van der Waals surface area contributed by atoms with Crippen LogP contribution in [0.5, 0.6) is 5.75 Å². The van der Waals surface area contributed by atoms with E-state index in [9.17, 15) is 19.5 Å². The molecule has 1 saturated carbocycles. The summed E-state index contributed by atoms with van der Waals surface area (Å²) in [7, 11) is 1.31. The predicted octanol–water partition coefficient (Wildman–Crippen LogP) is 7.30. The Hall–Kier alpha value is -5.59. The molecule has 274 valence electrons. The number of methoxy groups -OCH3 is 1. The van der Waals surface area contributed by atoms with Crippen molar-refractivity contribution < 1.29 is 29.0 Å². The van der Waals surface area contributed by atoms with Crippen molar-refractivity contribution in [3.8, 4) is 28.1 Å². The number of likely N-dealkylation sites (tertiary alicyclic amines) is 2. The number of aromatic nitrogens is 4. The van der Waals surface area contributed by atoms with E-state index in [2.05, 4.69) is 62.7 Å². The maximum absolute atomic E-state index is 14.2. The van der Waals surface area contributed by atoms with Gasteiger partial charge in [-0.15, -0.1) is 0 Å². The third-order valence-corrected chi connectivity index (χ3v) is 11.9. The molecular formula is C40H43N7O6. The minimum Gasteiger partial charge on any atom is -0.488 e. The molecule has 5 heterocycles. The summed E-state index contributed by atoms with van der Waals surface area (Å²) in [6.07, 6.45) is 5.75. The van der Waals surface area contributed by atoms with Crippen LogP contribution in [-0.4, -0.2) is 78.7 Å². The van der Waals surface area contributed by atoms with E-state index >= 15 is 0 Å². The summed E-state index contributed by atoms with van der Waals surface area (Å²) in [6, 6.07) is 13.6. The maximum Gasteiger partial charge on any atom is 0.407 e. The standard InChI is InChI=1S/C40H43N7O6/c1-20(2)34(45-39(49)52-3)38(48)47-30-7-4-6-23(30)16-32(47)37-42-28-12-10-21-15-27-25-11-9-22(14-24(25)19-53-33(27)17-26(21)35(28)44-37)29-18-41-36(43-29)31-8-5-13-46(31)40(50)51/h9-12,14-15,17-18,20,23,30-32,34H,4-8,13,16,19H2,1-3H3,(H,41,43)(H,42,44)(H,45,49)(H,50,51)/t23-,30-,31?,32-,34?/m0/s1. The molecule has 4 N–H and O–H groups in total. The first-order valence-corrected chi connectivity index (χ1v) is 18.6. The van der Waals surface area contributed by atoms with Crippen molar-refractivity contribution in [1.29, 1.82) is 0 Å². The second-order valence-electron chi connectivity index (χ2n) is 15.2. The Bertz CT molecular complexity index is 2280. The fraction of sp³-hybridized carbons (Fsp3) is 0.425. The van der Waals surface area contributed by atoms with Crippen molar-refractivity contribution in [2.45, 2.75) is 83.1 Å². The third-order valence-electron chi connectivity index (χ3n) is 11.9. The number of benzene rings is 3. The SMILES string of the molecule is COC(=O)NC(C(=O)N1[C@H](c2nc3c(ccc4cc5c(cc43)OCc3cc(-c4cnc(C6CCCN6C(=O)O)[nH]4)ccc3-5)[nH]2)C[C@@H]2CCC[C@@H]21)C(C)C.